The fraction of sp³-hybridized carbons (Fsp3) is 0.593. The summed E-state index contributed by atoms with van der Waals surface area (Å²) >= 11 is 0. The number of rotatable bonds is 7. The highest BCUT2D eigenvalue weighted by atomic mass is 16.6. The quantitative estimate of drug-likeness (QED) is 0.562. The summed E-state index contributed by atoms with van der Waals surface area (Å²) in [5.41, 5.74) is 2.88. The van der Waals surface area contributed by atoms with Crippen molar-refractivity contribution in [1.29, 1.82) is 0 Å². The number of nitrogens with zero attached hydrogens (tertiary/aromatic N) is 2. The number of fused-ring (bicyclic) bond motifs is 3. The number of amides is 1. The van der Waals surface area contributed by atoms with Gasteiger partial charge in [0.05, 0.1) is 29.9 Å². The highest BCUT2D eigenvalue weighted by molar-refractivity contribution is 5.69. The van der Waals surface area contributed by atoms with Crippen LogP contribution in [0.3, 0.4) is 0 Å². The second kappa shape index (κ2) is 9.30. The molecule has 0 unspecified atom stereocenters. The van der Waals surface area contributed by atoms with Gasteiger partial charge in [-0.05, 0) is 51.0 Å². The van der Waals surface area contributed by atoms with Crippen LogP contribution >= 0.6 is 0 Å². The summed E-state index contributed by atoms with van der Waals surface area (Å²) in [6.45, 7) is 2.46. The van der Waals surface area contributed by atoms with Crippen molar-refractivity contribution in [3.8, 4) is 11.3 Å². The Morgan fingerprint density at radius 2 is 1.83 bits per heavy atom. The average Bonchev–Trinajstić information content (AvgIpc) is 3.53. The number of carbonyl (C=O) groups is 2. The molecule has 2 bridgehead atoms. The molecule has 0 radical (unpaired) electrons. The molecule has 0 atom stereocenters. The molecule has 35 heavy (non-hydrogen) atoms. The van der Waals surface area contributed by atoms with Crippen LogP contribution in [0.25, 0.3) is 11.3 Å². The molecule has 2 aromatic rings. The van der Waals surface area contributed by atoms with Gasteiger partial charge in [-0.15, -0.1) is 0 Å². The van der Waals surface area contributed by atoms with Crippen molar-refractivity contribution in [1.82, 2.24) is 10.1 Å². The van der Waals surface area contributed by atoms with E-state index in [1.165, 1.54) is 0 Å². The molecule has 1 aromatic carbocycles. The zero-order valence-corrected chi connectivity index (χ0v) is 20.5. The minimum atomic E-state index is -0.749. The third-order valence-corrected chi connectivity index (χ3v) is 8.46. The Kier molecular flexibility index (Phi) is 6.34. The van der Waals surface area contributed by atoms with Gasteiger partial charge in [-0.1, -0.05) is 42.3 Å². The summed E-state index contributed by atoms with van der Waals surface area (Å²) in [5, 5.41) is 13.4. The molecule has 2 saturated heterocycles. The Hall–Kier alpha value is -2.87. The van der Waals surface area contributed by atoms with Crippen molar-refractivity contribution in [2.45, 2.75) is 83.0 Å². The summed E-state index contributed by atoms with van der Waals surface area (Å²) in [6.07, 6.45) is 7.63. The number of carboxylic acid groups (broad SMARTS) is 1. The van der Waals surface area contributed by atoms with Crippen LogP contribution in [0.1, 0.15) is 74.6 Å². The van der Waals surface area contributed by atoms with E-state index in [4.69, 9.17) is 14.0 Å². The average molecular weight is 483 g/mol. The Labute approximate surface area is 205 Å². The number of carbonyl (C=O) groups excluding carboxylic acids is 1. The Morgan fingerprint density at radius 1 is 1.14 bits per heavy atom. The predicted octanol–water partition coefficient (Wildman–Crippen LogP) is 5.42. The molecule has 8 heteroatoms. The first-order chi connectivity index (χ1) is 16.8. The number of aliphatic carboxylic acids is 1. The number of hydrogen-bond donors (Lipinski definition) is 1. The smallest absolute Gasteiger partial charge is 0.410 e. The van der Waals surface area contributed by atoms with Crippen LogP contribution in [0.2, 0.25) is 0 Å². The SMILES string of the molecule is Cc1noc(-c2ccc(C34CCC(CC(=O)O)(CC3)CO4)cc2)c1COC(=O)N(C)C1CCCC1. The molecule has 3 heterocycles. The third kappa shape index (κ3) is 4.56. The monoisotopic (exact) mass is 482 g/mol. The highest BCUT2D eigenvalue weighted by Crippen LogP contribution is 2.55. The molecule has 1 N–H and O–H groups in total. The fourth-order valence-corrected chi connectivity index (χ4v) is 6.07. The summed E-state index contributed by atoms with van der Waals surface area (Å²) in [7, 11) is 1.81. The number of benzene rings is 1. The number of hydrogen-bond acceptors (Lipinski definition) is 6. The van der Waals surface area contributed by atoms with E-state index in [1.54, 1.807) is 4.90 Å². The first kappa shape index (κ1) is 23.9. The van der Waals surface area contributed by atoms with E-state index in [2.05, 4.69) is 17.3 Å². The molecule has 6 rings (SSSR count). The number of ether oxygens (including phenoxy) is 2. The van der Waals surface area contributed by atoms with Crippen LogP contribution in [0.4, 0.5) is 4.79 Å². The van der Waals surface area contributed by atoms with E-state index in [-0.39, 0.29) is 36.2 Å². The van der Waals surface area contributed by atoms with E-state index in [1.807, 2.05) is 26.1 Å². The van der Waals surface area contributed by atoms with Crippen LogP contribution < -0.4 is 0 Å². The number of aromatic nitrogens is 1. The van der Waals surface area contributed by atoms with Gasteiger partial charge in [0.1, 0.15) is 6.61 Å². The van der Waals surface area contributed by atoms with Gasteiger partial charge in [-0.25, -0.2) is 4.79 Å². The number of aryl methyl sites for hydroxylation is 1. The third-order valence-electron chi connectivity index (χ3n) is 8.46. The van der Waals surface area contributed by atoms with Gasteiger partial charge in [0.15, 0.2) is 5.76 Å². The Morgan fingerprint density at radius 3 is 2.43 bits per heavy atom. The Bertz CT molecular complexity index is 1060. The van der Waals surface area contributed by atoms with Crippen LogP contribution in [0.15, 0.2) is 28.8 Å². The van der Waals surface area contributed by atoms with Crippen molar-refractivity contribution in [2.24, 2.45) is 5.41 Å². The van der Waals surface area contributed by atoms with Crippen LogP contribution in [-0.4, -0.2) is 46.9 Å². The lowest BCUT2D eigenvalue weighted by Gasteiger charge is -2.53. The molecule has 4 fully saturated rings. The zero-order chi connectivity index (χ0) is 24.6. The maximum atomic E-state index is 12.6. The van der Waals surface area contributed by atoms with Crippen LogP contribution in [0, 0.1) is 12.3 Å². The van der Waals surface area contributed by atoms with E-state index < -0.39 is 5.97 Å². The minimum absolute atomic E-state index is 0.112. The second-order valence-electron chi connectivity index (χ2n) is 10.6. The largest absolute Gasteiger partial charge is 0.481 e. The lowest BCUT2D eigenvalue weighted by Crippen LogP contribution is -2.50. The predicted molar refractivity (Wildman–Crippen MR) is 128 cm³/mol. The molecular weight excluding hydrogens is 448 g/mol. The van der Waals surface area contributed by atoms with Crippen molar-refractivity contribution >= 4 is 12.1 Å². The van der Waals surface area contributed by atoms with Gasteiger partial charge in [-0.3, -0.25) is 4.79 Å². The fourth-order valence-electron chi connectivity index (χ4n) is 6.07. The maximum Gasteiger partial charge on any atom is 0.410 e. The van der Waals surface area contributed by atoms with Gasteiger partial charge in [0, 0.05) is 24.1 Å². The summed E-state index contributed by atoms with van der Waals surface area (Å²) in [6, 6.07) is 8.38. The highest BCUT2D eigenvalue weighted by Gasteiger charge is 2.51. The molecule has 1 amide bonds. The molecule has 188 valence electrons. The zero-order valence-electron chi connectivity index (χ0n) is 20.5. The normalized spacial score (nSPS) is 26.1. The number of carboxylic acids is 1. The summed E-state index contributed by atoms with van der Waals surface area (Å²) in [4.78, 5) is 25.6. The maximum absolute atomic E-state index is 12.6. The second-order valence-corrected chi connectivity index (χ2v) is 10.6. The molecular formula is C27H34N2O6. The topological polar surface area (TPSA) is 102 Å². The van der Waals surface area contributed by atoms with Gasteiger partial charge >= 0.3 is 12.1 Å². The van der Waals surface area contributed by atoms with E-state index in [0.29, 0.717) is 18.1 Å². The lowest BCUT2D eigenvalue weighted by atomic mass is 9.63. The molecule has 2 saturated carbocycles. The van der Waals surface area contributed by atoms with Crippen molar-refractivity contribution in [3.63, 3.8) is 0 Å². The molecule has 1 aromatic heterocycles. The van der Waals surface area contributed by atoms with Crippen LogP contribution in [0.5, 0.6) is 0 Å². The van der Waals surface area contributed by atoms with Crippen LogP contribution in [-0.2, 0) is 26.5 Å². The van der Waals surface area contributed by atoms with Crippen molar-refractivity contribution in [3.05, 3.63) is 41.1 Å². The molecule has 2 aliphatic heterocycles. The first-order valence-electron chi connectivity index (χ1n) is 12.6. The van der Waals surface area contributed by atoms with Crippen molar-refractivity contribution in [2.75, 3.05) is 13.7 Å². The van der Waals surface area contributed by atoms with Crippen molar-refractivity contribution < 1.29 is 28.7 Å². The minimum Gasteiger partial charge on any atom is -0.481 e. The van der Waals surface area contributed by atoms with E-state index in [0.717, 1.165) is 68.1 Å². The summed E-state index contributed by atoms with van der Waals surface area (Å²) in [5.74, 6) is -0.141. The lowest BCUT2D eigenvalue weighted by molar-refractivity contribution is -0.195. The summed E-state index contributed by atoms with van der Waals surface area (Å²) < 4.78 is 17.5. The van der Waals surface area contributed by atoms with Gasteiger partial charge in [0.2, 0.25) is 0 Å². The van der Waals surface area contributed by atoms with E-state index >= 15 is 0 Å². The molecule has 8 nitrogen and oxygen atoms in total. The van der Waals surface area contributed by atoms with Gasteiger partial charge in [0.25, 0.3) is 0 Å². The molecule has 2 aliphatic carbocycles. The first-order valence-corrected chi connectivity index (χ1v) is 12.6. The standard InChI is InChI=1S/C27H34N2O6/c1-18-22(16-33-25(32)29(2)21-5-3-4-6-21)24(35-28-18)19-7-9-20(10-8-19)27-13-11-26(12-14-27,17-34-27)15-23(30)31/h7-10,21H,3-6,11-17H2,1-2H3,(H,30,31). The van der Waals surface area contributed by atoms with Gasteiger partial charge < -0.3 is 24.0 Å². The van der Waals surface area contributed by atoms with Gasteiger partial charge in [-0.2, -0.15) is 0 Å². The molecule has 4 aliphatic rings. The molecule has 0 spiro atoms. The Balaban J connectivity index is 1.27. The van der Waals surface area contributed by atoms with E-state index in [9.17, 15) is 14.7 Å².